The molecule has 0 spiro atoms. The molecule has 0 saturated heterocycles. The van der Waals surface area contributed by atoms with E-state index < -0.39 is 41.2 Å². The summed E-state index contributed by atoms with van der Waals surface area (Å²) in [6, 6.07) is -0.810. The van der Waals surface area contributed by atoms with Gasteiger partial charge in [-0.05, 0) is 59.0 Å². The molecule has 0 aliphatic heterocycles. The van der Waals surface area contributed by atoms with E-state index in [4.69, 9.17) is 53.8 Å². The molecule has 0 aliphatic rings. The van der Waals surface area contributed by atoms with Gasteiger partial charge < -0.3 is 48.5 Å². The first kappa shape index (κ1) is 52.7. The zero-order chi connectivity index (χ0) is 42.8. The Hall–Kier alpha value is -4.31. The predicted molar refractivity (Wildman–Crippen MR) is 202 cm³/mol. The van der Waals surface area contributed by atoms with E-state index in [1.54, 1.807) is 41.5 Å². The minimum atomic E-state index is -1.05. The van der Waals surface area contributed by atoms with Crippen LogP contribution < -0.4 is 10.6 Å². The van der Waals surface area contributed by atoms with Crippen molar-refractivity contribution in [1.82, 2.24) is 15.7 Å². The number of rotatable bonds is 33. The first-order valence-electron chi connectivity index (χ1n) is 18.5. The summed E-state index contributed by atoms with van der Waals surface area (Å²) in [7, 11) is 0. The van der Waals surface area contributed by atoms with Crippen LogP contribution in [0.3, 0.4) is 0 Å². The molecule has 0 heterocycles. The predicted octanol–water partition coefficient (Wildman–Crippen LogP) is 3.54. The number of imide groups is 1. The van der Waals surface area contributed by atoms with Gasteiger partial charge in [-0.15, -0.1) is 0 Å². The van der Waals surface area contributed by atoms with Crippen molar-refractivity contribution in [1.29, 1.82) is 0 Å². The molecule has 2 N–H and O–H groups in total. The van der Waals surface area contributed by atoms with Gasteiger partial charge in [0.15, 0.2) is 0 Å². The second-order valence-electron chi connectivity index (χ2n) is 13.8. The number of Topliss-reactive ketones (excluding diaryl/α,β-unsaturated/α-hetero) is 1. The summed E-state index contributed by atoms with van der Waals surface area (Å²) in [6.07, 6.45) is -1.79. The van der Waals surface area contributed by atoms with Crippen molar-refractivity contribution in [2.75, 3.05) is 106 Å². The molecule has 326 valence electrons. The number of nitrogens with one attached hydrogen (secondary N) is 2. The average molecular weight is 820 g/mol. The van der Waals surface area contributed by atoms with Crippen molar-refractivity contribution in [3.05, 3.63) is 20.9 Å². The molecule has 0 aromatic rings. The Morgan fingerprint density at radius 3 is 1.61 bits per heavy atom. The summed E-state index contributed by atoms with van der Waals surface area (Å²) in [5.41, 5.74) is 14.7. The number of carbonyl (C=O) groups is 5. The van der Waals surface area contributed by atoms with Gasteiger partial charge in [-0.1, -0.05) is 15.3 Å². The zero-order valence-electron chi connectivity index (χ0n) is 34.1. The van der Waals surface area contributed by atoms with Crippen molar-refractivity contribution in [2.24, 2.45) is 10.2 Å². The largest absolute Gasteiger partial charge is 0.444 e. The van der Waals surface area contributed by atoms with Gasteiger partial charge in [0.1, 0.15) is 23.6 Å². The van der Waals surface area contributed by atoms with Gasteiger partial charge in [0, 0.05) is 61.4 Å². The standard InChI is InChI=1S/C34H61N9O14/c1-33(2,3)56-31(47)43(32(48)57-34(4,5)6)55-23-22-53-20-21-54-26-30(46)40-27(24-28(44)8-7-12-49-16-17-51-14-10-38-41-35)25-29(45)37-9-13-50-18-19-52-15-11-39-42-36/h27H,7-26H2,1-6H3,(H,37,45)(H,40,46). The van der Waals surface area contributed by atoms with E-state index in [0.717, 1.165) is 0 Å². The number of amides is 4. The second-order valence-corrected chi connectivity index (χ2v) is 13.8. The molecule has 23 nitrogen and oxygen atoms in total. The fourth-order valence-corrected chi connectivity index (χ4v) is 4.05. The minimum Gasteiger partial charge on any atom is -0.442 e. The van der Waals surface area contributed by atoms with Crippen LogP contribution in [0.25, 0.3) is 20.9 Å². The molecule has 0 rings (SSSR count). The minimum absolute atomic E-state index is 0.00294. The molecule has 4 amide bonds. The Morgan fingerprint density at radius 2 is 1.09 bits per heavy atom. The molecular weight excluding hydrogens is 758 g/mol. The molecule has 23 heteroatoms. The van der Waals surface area contributed by atoms with Gasteiger partial charge in [-0.2, -0.15) is 0 Å². The van der Waals surface area contributed by atoms with Gasteiger partial charge in [-0.3, -0.25) is 19.2 Å². The molecule has 0 fully saturated rings. The fourth-order valence-electron chi connectivity index (χ4n) is 4.05. The third-order valence-corrected chi connectivity index (χ3v) is 6.30. The number of nitrogens with zero attached hydrogens (tertiary/aromatic N) is 7. The molecule has 0 aromatic carbocycles. The van der Waals surface area contributed by atoms with Crippen LogP contribution in [-0.4, -0.2) is 158 Å². The Kier molecular flexibility index (Phi) is 30.3. The van der Waals surface area contributed by atoms with E-state index in [1.165, 1.54) is 0 Å². The van der Waals surface area contributed by atoms with Crippen molar-refractivity contribution in [3.63, 3.8) is 0 Å². The lowest BCUT2D eigenvalue weighted by atomic mass is 10.0. The second kappa shape index (κ2) is 32.7. The van der Waals surface area contributed by atoms with Crippen LogP contribution in [0.1, 0.15) is 67.2 Å². The molecule has 0 radical (unpaired) electrons. The highest BCUT2D eigenvalue weighted by Crippen LogP contribution is 2.15. The Balaban J connectivity index is 4.77. The van der Waals surface area contributed by atoms with Crippen molar-refractivity contribution in [2.45, 2.75) is 84.5 Å². The molecule has 0 saturated carbocycles. The Labute approximate surface area is 333 Å². The van der Waals surface area contributed by atoms with E-state index in [2.05, 4.69) is 30.7 Å². The molecule has 1 atom stereocenters. The third kappa shape index (κ3) is 34.7. The molecule has 0 aromatic heterocycles. The van der Waals surface area contributed by atoms with Gasteiger partial charge in [0.2, 0.25) is 11.8 Å². The smallest absolute Gasteiger partial charge is 0.442 e. The van der Waals surface area contributed by atoms with E-state index in [1.807, 2.05) is 0 Å². The molecular formula is C34H61N9O14. The van der Waals surface area contributed by atoms with Crippen LogP contribution in [0, 0.1) is 0 Å². The van der Waals surface area contributed by atoms with E-state index in [-0.39, 0.29) is 111 Å². The van der Waals surface area contributed by atoms with Crippen LogP contribution in [0.5, 0.6) is 0 Å². The number of hydrogen-bond donors (Lipinski definition) is 2. The first-order chi connectivity index (χ1) is 27.1. The van der Waals surface area contributed by atoms with Crippen LogP contribution in [-0.2, 0) is 57.1 Å². The van der Waals surface area contributed by atoms with Gasteiger partial charge >= 0.3 is 12.2 Å². The van der Waals surface area contributed by atoms with Gasteiger partial charge in [-0.25, -0.2) is 9.59 Å². The maximum atomic E-state index is 12.7. The number of hydroxylamine groups is 2. The van der Waals surface area contributed by atoms with Crippen molar-refractivity contribution < 1.29 is 66.7 Å². The fraction of sp³-hybridized carbons (Fsp3) is 0.853. The first-order valence-corrected chi connectivity index (χ1v) is 18.5. The molecule has 0 bridgehead atoms. The summed E-state index contributed by atoms with van der Waals surface area (Å²) in [6.45, 7) is 12.0. The van der Waals surface area contributed by atoms with Crippen LogP contribution in [0.15, 0.2) is 10.2 Å². The molecule has 1 unspecified atom stereocenters. The lowest BCUT2D eigenvalue weighted by molar-refractivity contribution is -0.148. The monoisotopic (exact) mass is 819 g/mol. The lowest BCUT2D eigenvalue weighted by Gasteiger charge is -2.27. The Bertz CT molecular complexity index is 1190. The zero-order valence-corrected chi connectivity index (χ0v) is 34.1. The SMILES string of the molecule is CC(C)(C)OC(=O)N(OCCOCCOCC(=O)NC(CC(=O)CCCOCCOCCN=[N+]=[N-])CC(=O)NCCOCCOCCN=[N+]=[N-])C(=O)OC(C)(C)C. The number of carbonyl (C=O) groups excluding carboxylic acids is 5. The topological polar surface area (TPSA) is 293 Å². The summed E-state index contributed by atoms with van der Waals surface area (Å²) in [5, 5.41) is 12.5. The average Bonchev–Trinajstić information content (AvgIpc) is 3.10. The highest BCUT2D eigenvalue weighted by Gasteiger charge is 2.32. The highest BCUT2D eigenvalue weighted by atomic mass is 16.8. The lowest BCUT2D eigenvalue weighted by Crippen LogP contribution is -2.44. The maximum Gasteiger partial charge on any atom is 0.444 e. The Morgan fingerprint density at radius 1 is 0.614 bits per heavy atom. The van der Waals surface area contributed by atoms with E-state index in [0.29, 0.717) is 31.3 Å². The van der Waals surface area contributed by atoms with E-state index in [9.17, 15) is 24.0 Å². The summed E-state index contributed by atoms with van der Waals surface area (Å²) in [5.74, 6) is -1.14. The van der Waals surface area contributed by atoms with E-state index >= 15 is 0 Å². The number of ether oxygens (including phenoxy) is 8. The normalized spacial score (nSPS) is 11.8. The summed E-state index contributed by atoms with van der Waals surface area (Å²) in [4.78, 5) is 73.6. The highest BCUT2D eigenvalue weighted by molar-refractivity contribution is 5.86. The van der Waals surface area contributed by atoms with Crippen LogP contribution in [0.4, 0.5) is 9.59 Å². The number of ketones is 1. The number of azide groups is 2. The van der Waals surface area contributed by atoms with Crippen molar-refractivity contribution in [3.8, 4) is 0 Å². The summed E-state index contributed by atoms with van der Waals surface area (Å²) < 4.78 is 42.5. The quantitative estimate of drug-likeness (QED) is 0.0315. The van der Waals surface area contributed by atoms with Gasteiger partial charge in [0.05, 0.1) is 72.7 Å². The van der Waals surface area contributed by atoms with Crippen LogP contribution >= 0.6 is 0 Å². The maximum absolute atomic E-state index is 12.7. The van der Waals surface area contributed by atoms with Gasteiger partial charge in [0.25, 0.3) is 0 Å². The summed E-state index contributed by atoms with van der Waals surface area (Å²) >= 11 is 0. The number of hydrogen-bond acceptors (Lipinski definition) is 16. The van der Waals surface area contributed by atoms with Crippen LogP contribution in [0.2, 0.25) is 0 Å². The molecule has 57 heavy (non-hydrogen) atoms. The third-order valence-electron chi connectivity index (χ3n) is 6.30. The van der Waals surface area contributed by atoms with Crippen molar-refractivity contribution >= 4 is 29.8 Å². The molecule has 0 aliphatic carbocycles.